The molecule has 1 saturated heterocycles. The van der Waals surface area contributed by atoms with Gasteiger partial charge in [-0.15, -0.1) is 0 Å². The number of carbonyl (C=O) groups excluding carboxylic acids is 1. The summed E-state index contributed by atoms with van der Waals surface area (Å²) in [5, 5.41) is 6.67. The summed E-state index contributed by atoms with van der Waals surface area (Å²) in [5.74, 6) is 1.04. The normalized spacial score (nSPS) is 24.1. The van der Waals surface area contributed by atoms with E-state index in [-0.39, 0.29) is 5.91 Å². The zero-order chi connectivity index (χ0) is 14.4. The quantitative estimate of drug-likeness (QED) is 0.677. The van der Waals surface area contributed by atoms with E-state index in [1.165, 1.54) is 25.7 Å². The van der Waals surface area contributed by atoms with Crippen LogP contribution in [0.1, 0.15) is 52.4 Å². The largest absolute Gasteiger partial charge is 0.353 e. The van der Waals surface area contributed by atoms with Gasteiger partial charge in [0.1, 0.15) is 0 Å². The third-order valence-electron chi connectivity index (χ3n) is 4.35. The van der Waals surface area contributed by atoms with Gasteiger partial charge in [-0.1, -0.05) is 13.3 Å². The first-order valence-corrected chi connectivity index (χ1v) is 8.42. The molecule has 1 aliphatic carbocycles. The summed E-state index contributed by atoms with van der Waals surface area (Å²) in [6, 6.07) is 0.898. The Morgan fingerprint density at radius 2 is 2.15 bits per heavy atom. The van der Waals surface area contributed by atoms with Crippen LogP contribution in [0, 0.1) is 5.92 Å². The van der Waals surface area contributed by atoms with Crippen LogP contribution in [0.25, 0.3) is 0 Å². The van der Waals surface area contributed by atoms with Crippen LogP contribution < -0.4 is 10.6 Å². The van der Waals surface area contributed by atoms with E-state index < -0.39 is 0 Å². The summed E-state index contributed by atoms with van der Waals surface area (Å²) >= 11 is 0. The highest BCUT2D eigenvalue weighted by atomic mass is 16.2. The molecule has 4 heteroatoms. The average molecular weight is 281 g/mol. The van der Waals surface area contributed by atoms with E-state index in [2.05, 4.69) is 29.4 Å². The molecule has 116 valence electrons. The van der Waals surface area contributed by atoms with Crippen molar-refractivity contribution in [2.24, 2.45) is 5.92 Å². The average Bonchev–Trinajstić information content (AvgIpc) is 3.03. The fraction of sp³-hybridized carbons (Fsp3) is 0.938. The molecule has 0 spiro atoms. The highest BCUT2D eigenvalue weighted by Gasteiger charge is 2.27. The van der Waals surface area contributed by atoms with Crippen LogP contribution in [-0.2, 0) is 4.79 Å². The molecular formula is C16H31N3O. The monoisotopic (exact) mass is 281 g/mol. The Bertz CT molecular complexity index is 298. The molecule has 0 bridgehead atoms. The van der Waals surface area contributed by atoms with Crippen LogP contribution in [0.3, 0.4) is 0 Å². The van der Waals surface area contributed by atoms with Gasteiger partial charge in [-0.2, -0.15) is 0 Å². The molecule has 1 saturated carbocycles. The molecule has 1 amide bonds. The molecule has 0 aromatic carbocycles. The number of hydrogen-bond donors (Lipinski definition) is 2. The maximum absolute atomic E-state index is 12.1. The number of nitrogens with zero attached hydrogens (tertiary/aromatic N) is 1. The van der Waals surface area contributed by atoms with Crippen LogP contribution >= 0.6 is 0 Å². The van der Waals surface area contributed by atoms with Crippen molar-refractivity contribution in [3.8, 4) is 0 Å². The maximum atomic E-state index is 12.1. The number of carbonyl (C=O) groups is 1. The third kappa shape index (κ3) is 5.80. The van der Waals surface area contributed by atoms with Crippen LogP contribution in [0.15, 0.2) is 0 Å². The van der Waals surface area contributed by atoms with Gasteiger partial charge < -0.3 is 10.6 Å². The van der Waals surface area contributed by atoms with Gasteiger partial charge in [-0.05, 0) is 51.5 Å². The van der Waals surface area contributed by atoms with Gasteiger partial charge in [0.15, 0.2) is 0 Å². The summed E-state index contributed by atoms with van der Waals surface area (Å²) in [5.41, 5.74) is 0. The van der Waals surface area contributed by atoms with Crippen molar-refractivity contribution < 1.29 is 4.79 Å². The fourth-order valence-corrected chi connectivity index (χ4v) is 3.12. The Hall–Kier alpha value is -0.610. The van der Waals surface area contributed by atoms with E-state index in [0.29, 0.717) is 18.6 Å². The van der Waals surface area contributed by atoms with Gasteiger partial charge in [0.05, 0.1) is 6.54 Å². The van der Waals surface area contributed by atoms with E-state index in [4.69, 9.17) is 0 Å². The molecule has 0 aromatic rings. The van der Waals surface area contributed by atoms with Gasteiger partial charge in [0, 0.05) is 25.2 Å². The van der Waals surface area contributed by atoms with E-state index in [1.54, 1.807) is 0 Å². The molecule has 20 heavy (non-hydrogen) atoms. The number of nitrogens with one attached hydrogen (secondary N) is 2. The fourth-order valence-electron chi connectivity index (χ4n) is 3.12. The van der Waals surface area contributed by atoms with Crippen LogP contribution in [0.5, 0.6) is 0 Å². The molecule has 2 atom stereocenters. The zero-order valence-electron chi connectivity index (χ0n) is 13.2. The van der Waals surface area contributed by atoms with Crippen molar-refractivity contribution in [3.63, 3.8) is 0 Å². The minimum Gasteiger partial charge on any atom is -0.353 e. The van der Waals surface area contributed by atoms with Crippen molar-refractivity contribution in [2.75, 3.05) is 26.2 Å². The predicted octanol–water partition coefficient (Wildman–Crippen LogP) is 1.76. The van der Waals surface area contributed by atoms with Crippen molar-refractivity contribution in [3.05, 3.63) is 0 Å². The minimum absolute atomic E-state index is 0.199. The summed E-state index contributed by atoms with van der Waals surface area (Å²) in [6.07, 6.45) is 7.43. The summed E-state index contributed by atoms with van der Waals surface area (Å²) < 4.78 is 0. The summed E-state index contributed by atoms with van der Waals surface area (Å²) in [4.78, 5) is 14.5. The van der Waals surface area contributed by atoms with E-state index >= 15 is 0 Å². The molecule has 2 rings (SSSR count). The number of hydrogen-bond acceptors (Lipinski definition) is 3. The van der Waals surface area contributed by atoms with Crippen molar-refractivity contribution in [1.29, 1.82) is 0 Å². The second kappa shape index (κ2) is 7.99. The molecule has 2 fully saturated rings. The highest BCUT2D eigenvalue weighted by Crippen LogP contribution is 2.29. The lowest BCUT2D eigenvalue weighted by molar-refractivity contribution is -0.123. The van der Waals surface area contributed by atoms with E-state index in [0.717, 1.165) is 38.4 Å². The number of rotatable bonds is 9. The highest BCUT2D eigenvalue weighted by molar-refractivity contribution is 5.78. The van der Waals surface area contributed by atoms with E-state index in [1.807, 2.05) is 0 Å². The molecular weight excluding hydrogens is 250 g/mol. The Labute approximate surface area is 123 Å². The second-order valence-corrected chi connectivity index (χ2v) is 6.69. The Kier molecular flexibility index (Phi) is 6.30. The lowest BCUT2D eigenvalue weighted by Crippen LogP contribution is -2.45. The lowest BCUT2D eigenvalue weighted by Gasteiger charge is -2.26. The van der Waals surface area contributed by atoms with Crippen molar-refractivity contribution in [2.45, 2.75) is 64.5 Å². The SMILES string of the molecule is CCCC(C)NC(=O)CN(CC1CC1)CC1CCCN1. The second-order valence-electron chi connectivity index (χ2n) is 6.69. The van der Waals surface area contributed by atoms with Gasteiger partial charge in [-0.25, -0.2) is 0 Å². The van der Waals surface area contributed by atoms with Gasteiger partial charge in [0.25, 0.3) is 0 Å². The molecule has 1 aliphatic heterocycles. The first-order chi connectivity index (χ1) is 9.67. The van der Waals surface area contributed by atoms with Crippen LogP contribution in [0.4, 0.5) is 0 Å². The van der Waals surface area contributed by atoms with Crippen LogP contribution in [-0.4, -0.2) is 49.1 Å². The standard InChI is InChI=1S/C16H31N3O/c1-3-5-13(2)18-16(20)12-19(10-14-7-8-14)11-15-6-4-9-17-15/h13-15,17H,3-12H2,1-2H3,(H,18,20). The molecule has 2 unspecified atom stereocenters. The summed E-state index contributed by atoms with van der Waals surface area (Å²) in [7, 11) is 0. The van der Waals surface area contributed by atoms with Gasteiger partial charge in [-0.3, -0.25) is 9.69 Å². The smallest absolute Gasteiger partial charge is 0.234 e. The first kappa shape index (κ1) is 15.8. The Morgan fingerprint density at radius 1 is 1.35 bits per heavy atom. The Balaban J connectivity index is 1.74. The lowest BCUT2D eigenvalue weighted by atomic mass is 10.2. The number of amides is 1. The molecule has 4 nitrogen and oxygen atoms in total. The zero-order valence-corrected chi connectivity index (χ0v) is 13.2. The Morgan fingerprint density at radius 3 is 2.75 bits per heavy atom. The van der Waals surface area contributed by atoms with Gasteiger partial charge in [0.2, 0.25) is 5.91 Å². The molecule has 1 heterocycles. The third-order valence-corrected chi connectivity index (χ3v) is 4.35. The minimum atomic E-state index is 0.199. The van der Waals surface area contributed by atoms with Gasteiger partial charge >= 0.3 is 0 Å². The summed E-state index contributed by atoms with van der Waals surface area (Å²) in [6.45, 7) is 8.11. The molecule has 0 aromatic heterocycles. The topological polar surface area (TPSA) is 44.4 Å². The molecule has 2 aliphatic rings. The maximum Gasteiger partial charge on any atom is 0.234 e. The van der Waals surface area contributed by atoms with Crippen molar-refractivity contribution >= 4 is 5.91 Å². The first-order valence-electron chi connectivity index (χ1n) is 8.42. The van der Waals surface area contributed by atoms with Crippen molar-refractivity contribution in [1.82, 2.24) is 15.5 Å². The predicted molar refractivity (Wildman–Crippen MR) is 82.7 cm³/mol. The van der Waals surface area contributed by atoms with E-state index in [9.17, 15) is 4.79 Å². The molecule has 2 N–H and O–H groups in total. The molecule has 0 radical (unpaired) electrons. The van der Waals surface area contributed by atoms with Crippen LogP contribution in [0.2, 0.25) is 0 Å².